The third-order valence-corrected chi connectivity index (χ3v) is 2.66. The van der Waals surface area contributed by atoms with E-state index in [0.29, 0.717) is 11.8 Å². The van der Waals surface area contributed by atoms with E-state index in [1.165, 1.54) is 6.42 Å². The minimum atomic E-state index is 0.417. The summed E-state index contributed by atoms with van der Waals surface area (Å²) in [5, 5.41) is 0. The summed E-state index contributed by atoms with van der Waals surface area (Å²) in [6.45, 7) is 4.24. The number of hydrogen-bond donors (Lipinski definition) is 0. The Hall–Kier alpha value is -0.530. The molecule has 62 valence electrons. The highest BCUT2D eigenvalue weighted by molar-refractivity contribution is 5.81. The van der Waals surface area contributed by atoms with E-state index in [1.54, 1.807) is 0 Å². The summed E-state index contributed by atoms with van der Waals surface area (Å²) in [7, 11) is 0. The number of amides is 1. The van der Waals surface area contributed by atoms with E-state index in [2.05, 4.69) is 6.92 Å². The zero-order chi connectivity index (χ0) is 7.84. The highest BCUT2D eigenvalue weighted by Gasteiger charge is 2.35. The summed E-state index contributed by atoms with van der Waals surface area (Å²) in [4.78, 5) is 13.5. The smallest absolute Gasteiger partial charge is 0.225 e. The lowest BCUT2D eigenvalue weighted by molar-refractivity contribution is -0.131. The lowest BCUT2D eigenvalue weighted by Gasteiger charge is -2.14. The predicted molar refractivity (Wildman–Crippen MR) is 43.1 cm³/mol. The molecule has 2 heteroatoms. The van der Waals surface area contributed by atoms with Crippen LogP contribution in [0.5, 0.6) is 0 Å². The standard InChI is InChI=1S/C9H15NO/c1-7-4-5-10(6-7)9(11)8-2-3-8/h7-8H,2-6H2,1H3/t7-/m0/s1. The Labute approximate surface area is 67.6 Å². The zero-order valence-corrected chi connectivity index (χ0v) is 7.05. The quantitative estimate of drug-likeness (QED) is 0.555. The summed E-state index contributed by atoms with van der Waals surface area (Å²) >= 11 is 0. The van der Waals surface area contributed by atoms with Gasteiger partial charge in [-0.15, -0.1) is 0 Å². The molecule has 0 aromatic rings. The van der Waals surface area contributed by atoms with E-state index in [0.717, 1.165) is 31.8 Å². The van der Waals surface area contributed by atoms with Crippen molar-refractivity contribution in [3.63, 3.8) is 0 Å². The SMILES string of the molecule is C[C@H]1CCN(C(=O)C2CC2)C1. The molecule has 1 atom stereocenters. The van der Waals surface area contributed by atoms with Gasteiger partial charge in [0.1, 0.15) is 0 Å². The van der Waals surface area contributed by atoms with Crippen LogP contribution < -0.4 is 0 Å². The largest absolute Gasteiger partial charge is 0.342 e. The Morgan fingerprint density at radius 3 is 2.55 bits per heavy atom. The molecule has 0 spiro atoms. The van der Waals surface area contributed by atoms with Crippen LogP contribution in [-0.2, 0) is 4.79 Å². The van der Waals surface area contributed by atoms with Gasteiger partial charge in [0.05, 0.1) is 0 Å². The number of likely N-dealkylation sites (tertiary alicyclic amines) is 1. The van der Waals surface area contributed by atoms with E-state index < -0.39 is 0 Å². The molecule has 0 radical (unpaired) electrons. The molecule has 0 unspecified atom stereocenters. The maximum Gasteiger partial charge on any atom is 0.225 e. The number of carbonyl (C=O) groups excluding carboxylic acids is 1. The van der Waals surface area contributed by atoms with E-state index in [-0.39, 0.29) is 0 Å². The summed E-state index contributed by atoms with van der Waals surface area (Å²) in [6.07, 6.45) is 3.49. The van der Waals surface area contributed by atoms with Gasteiger partial charge in [0.15, 0.2) is 0 Å². The molecule has 1 saturated heterocycles. The molecule has 1 heterocycles. The number of hydrogen-bond acceptors (Lipinski definition) is 1. The average molecular weight is 153 g/mol. The van der Waals surface area contributed by atoms with Gasteiger partial charge in [0.25, 0.3) is 0 Å². The Balaban J connectivity index is 1.89. The zero-order valence-electron chi connectivity index (χ0n) is 7.05. The molecule has 1 saturated carbocycles. The summed E-state index contributed by atoms with van der Waals surface area (Å²) in [5.74, 6) is 1.58. The minimum Gasteiger partial charge on any atom is -0.342 e. The molecule has 0 N–H and O–H groups in total. The fraction of sp³-hybridized carbons (Fsp3) is 0.889. The number of carbonyl (C=O) groups is 1. The van der Waals surface area contributed by atoms with Crippen LogP contribution in [0.25, 0.3) is 0 Å². The Morgan fingerprint density at radius 2 is 2.09 bits per heavy atom. The first kappa shape index (κ1) is 7.14. The van der Waals surface area contributed by atoms with Gasteiger partial charge in [0.2, 0.25) is 5.91 Å². The molecular formula is C9H15NO. The van der Waals surface area contributed by atoms with Gasteiger partial charge in [-0.1, -0.05) is 6.92 Å². The van der Waals surface area contributed by atoms with E-state index in [9.17, 15) is 4.79 Å². The van der Waals surface area contributed by atoms with Crippen molar-refractivity contribution in [2.75, 3.05) is 13.1 Å². The van der Waals surface area contributed by atoms with Gasteiger partial charge >= 0.3 is 0 Å². The third-order valence-electron chi connectivity index (χ3n) is 2.66. The molecule has 1 aliphatic heterocycles. The molecule has 0 bridgehead atoms. The van der Waals surface area contributed by atoms with Crippen molar-refractivity contribution < 1.29 is 4.79 Å². The van der Waals surface area contributed by atoms with Gasteiger partial charge in [-0.25, -0.2) is 0 Å². The first-order valence-electron chi connectivity index (χ1n) is 4.56. The first-order chi connectivity index (χ1) is 5.27. The highest BCUT2D eigenvalue weighted by atomic mass is 16.2. The fourth-order valence-corrected chi connectivity index (χ4v) is 1.72. The fourth-order valence-electron chi connectivity index (χ4n) is 1.72. The van der Waals surface area contributed by atoms with Crippen molar-refractivity contribution in [3.8, 4) is 0 Å². The van der Waals surface area contributed by atoms with Crippen LogP contribution in [0.4, 0.5) is 0 Å². The second-order valence-electron chi connectivity index (χ2n) is 3.95. The summed E-state index contributed by atoms with van der Waals surface area (Å²) < 4.78 is 0. The first-order valence-corrected chi connectivity index (χ1v) is 4.56. The third kappa shape index (κ3) is 1.39. The van der Waals surface area contributed by atoms with Crippen LogP contribution in [0.1, 0.15) is 26.2 Å². The lowest BCUT2D eigenvalue weighted by atomic mass is 10.2. The number of rotatable bonds is 1. The predicted octanol–water partition coefficient (Wildman–Crippen LogP) is 1.26. The van der Waals surface area contributed by atoms with Crippen LogP contribution >= 0.6 is 0 Å². The van der Waals surface area contributed by atoms with E-state index in [4.69, 9.17) is 0 Å². The topological polar surface area (TPSA) is 20.3 Å². The highest BCUT2D eigenvalue weighted by Crippen LogP contribution is 2.32. The molecule has 2 fully saturated rings. The molecule has 2 nitrogen and oxygen atoms in total. The van der Waals surface area contributed by atoms with Crippen molar-refractivity contribution in [2.45, 2.75) is 26.2 Å². The van der Waals surface area contributed by atoms with Gasteiger partial charge in [0, 0.05) is 19.0 Å². The Kier molecular flexibility index (Phi) is 1.63. The van der Waals surface area contributed by atoms with Crippen LogP contribution in [0.15, 0.2) is 0 Å². The van der Waals surface area contributed by atoms with Crippen LogP contribution in [0, 0.1) is 11.8 Å². The van der Waals surface area contributed by atoms with Crippen molar-refractivity contribution in [3.05, 3.63) is 0 Å². The minimum absolute atomic E-state index is 0.417. The van der Waals surface area contributed by atoms with Crippen molar-refractivity contribution in [2.24, 2.45) is 11.8 Å². The molecule has 1 amide bonds. The van der Waals surface area contributed by atoms with Gasteiger partial charge in [-0.2, -0.15) is 0 Å². The molecular weight excluding hydrogens is 138 g/mol. The van der Waals surface area contributed by atoms with Crippen LogP contribution in [0.2, 0.25) is 0 Å². The van der Waals surface area contributed by atoms with Crippen molar-refractivity contribution >= 4 is 5.91 Å². The molecule has 0 aromatic carbocycles. The van der Waals surface area contributed by atoms with Gasteiger partial charge in [-0.3, -0.25) is 4.79 Å². The average Bonchev–Trinajstić information content (AvgIpc) is 2.74. The Morgan fingerprint density at radius 1 is 1.36 bits per heavy atom. The number of nitrogens with zero attached hydrogens (tertiary/aromatic N) is 1. The molecule has 11 heavy (non-hydrogen) atoms. The second kappa shape index (κ2) is 2.50. The van der Waals surface area contributed by atoms with E-state index in [1.807, 2.05) is 4.90 Å². The normalized spacial score (nSPS) is 31.0. The van der Waals surface area contributed by atoms with Gasteiger partial charge < -0.3 is 4.90 Å². The monoisotopic (exact) mass is 153 g/mol. The molecule has 2 aliphatic rings. The van der Waals surface area contributed by atoms with Crippen molar-refractivity contribution in [1.29, 1.82) is 0 Å². The Bertz CT molecular complexity index is 174. The molecule has 0 aromatic heterocycles. The van der Waals surface area contributed by atoms with Crippen molar-refractivity contribution in [1.82, 2.24) is 4.90 Å². The maximum absolute atomic E-state index is 11.5. The van der Waals surface area contributed by atoms with Crippen LogP contribution in [-0.4, -0.2) is 23.9 Å². The van der Waals surface area contributed by atoms with Crippen LogP contribution in [0.3, 0.4) is 0 Å². The second-order valence-corrected chi connectivity index (χ2v) is 3.95. The lowest BCUT2D eigenvalue weighted by Crippen LogP contribution is -2.29. The molecule has 1 aliphatic carbocycles. The van der Waals surface area contributed by atoms with E-state index >= 15 is 0 Å². The summed E-state index contributed by atoms with van der Waals surface area (Å²) in [5.41, 5.74) is 0. The van der Waals surface area contributed by atoms with Gasteiger partial charge in [-0.05, 0) is 25.2 Å². The molecule has 2 rings (SSSR count). The maximum atomic E-state index is 11.5. The summed E-state index contributed by atoms with van der Waals surface area (Å²) in [6, 6.07) is 0.